The molecule has 0 radical (unpaired) electrons. The van der Waals surface area contributed by atoms with E-state index in [9.17, 15) is 18.0 Å². The number of nitrogens with one attached hydrogen (secondary N) is 2. The number of epoxide rings is 1. The van der Waals surface area contributed by atoms with Crippen molar-refractivity contribution in [2.75, 3.05) is 5.32 Å². The molecule has 2 N–H and O–H groups in total. The maximum atomic E-state index is 15.1. The van der Waals surface area contributed by atoms with E-state index >= 15 is 4.39 Å². The van der Waals surface area contributed by atoms with Crippen LogP contribution in [0.2, 0.25) is 0 Å². The first-order chi connectivity index (χ1) is 19.5. The van der Waals surface area contributed by atoms with Gasteiger partial charge in [-0.3, -0.25) is 9.55 Å². The average Bonchev–Trinajstić information content (AvgIpc) is 3.34. The van der Waals surface area contributed by atoms with E-state index in [1.54, 1.807) is 12.1 Å². The van der Waals surface area contributed by atoms with Gasteiger partial charge >= 0.3 is 11.9 Å². The van der Waals surface area contributed by atoms with Crippen LogP contribution in [-0.4, -0.2) is 35.5 Å². The molecule has 0 saturated carbocycles. The van der Waals surface area contributed by atoms with Gasteiger partial charge in [0.2, 0.25) is 0 Å². The molecule has 0 aliphatic carbocycles. The molecule has 10 nitrogen and oxygen atoms in total. The van der Waals surface area contributed by atoms with E-state index in [2.05, 4.69) is 41.3 Å². The molecule has 1 aliphatic rings. The molecule has 5 aromatic rings. The summed E-state index contributed by atoms with van der Waals surface area (Å²) in [6.07, 6.45) is -2.70. The van der Waals surface area contributed by atoms with Crippen LogP contribution in [0.1, 0.15) is 37.3 Å². The number of fused-ring (bicyclic) bond motifs is 1. The Morgan fingerprint density at radius 1 is 1.15 bits per heavy atom. The van der Waals surface area contributed by atoms with Crippen LogP contribution < -0.4 is 15.7 Å². The number of anilines is 1. The Kier molecular flexibility index (Phi) is 6.57. The minimum absolute atomic E-state index is 0.0228. The zero-order valence-electron chi connectivity index (χ0n) is 21.3. The van der Waals surface area contributed by atoms with Crippen LogP contribution >= 0.6 is 15.9 Å². The highest BCUT2D eigenvalue weighted by atomic mass is 79.9. The smallest absolute Gasteiger partial charge is 0.433 e. The molecule has 15 heteroatoms. The standard InChI is InChI=1S/C26H20BrF4N7O3/c1-12(2)37-19-18(7-9-32-22(19)36-25(37)39)40-17-6-5-13(10-16(17)28)35-24-20(41-24)14-11-34-38(21(14)26(29,30)31)23-15(27)4-3-8-33-23/h3-12,20,24,35H,1-2H3,(H,32,36,39). The lowest BCUT2D eigenvalue weighted by Crippen LogP contribution is -2.18. The van der Waals surface area contributed by atoms with Crippen molar-refractivity contribution < 1.29 is 27.0 Å². The van der Waals surface area contributed by atoms with Crippen molar-refractivity contribution in [2.45, 2.75) is 38.4 Å². The largest absolute Gasteiger partial charge is 0.452 e. The van der Waals surface area contributed by atoms with E-state index < -0.39 is 30.0 Å². The molecule has 1 fully saturated rings. The topological polar surface area (TPSA) is 115 Å². The maximum Gasteiger partial charge on any atom is 0.433 e. The van der Waals surface area contributed by atoms with Crippen molar-refractivity contribution in [3.8, 4) is 17.3 Å². The second-order valence-corrected chi connectivity index (χ2v) is 10.3. The van der Waals surface area contributed by atoms with Crippen molar-refractivity contribution in [2.24, 2.45) is 0 Å². The van der Waals surface area contributed by atoms with Crippen molar-refractivity contribution in [3.05, 3.63) is 87.0 Å². The Morgan fingerprint density at radius 2 is 1.95 bits per heavy atom. The van der Waals surface area contributed by atoms with Crippen LogP contribution in [0.4, 0.5) is 23.2 Å². The molecule has 2 atom stereocenters. The number of nitrogens with zero attached hydrogens (tertiary/aromatic N) is 5. The van der Waals surface area contributed by atoms with Gasteiger partial charge in [-0.1, -0.05) is 0 Å². The third-order valence-electron chi connectivity index (χ3n) is 6.35. The highest BCUT2D eigenvalue weighted by molar-refractivity contribution is 9.10. The molecule has 2 unspecified atom stereocenters. The summed E-state index contributed by atoms with van der Waals surface area (Å²) in [6.45, 7) is 3.64. The van der Waals surface area contributed by atoms with Crippen molar-refractivity contribution >= 4 is 32.8 Å². The number of aromatic amines is 1. The molecule has 5 heterocycles. The predicted molar refractivity (Wildman–Crippen MR) is 143 cm³/mol. The lowest BCUT2D eigenvalue weighted by atomic mass is 10.1. The van der Waals surface area contributed by atoms with Gasteiger partial charge in [0.15, 0.2) is 40.7 Å². The number of halogens is 5. The Hall–Kier alpha value is -4.24. The van der Waals surface area contributed by atoms with Gasteiger partial charge in [-0.05, 0) is 54.0 Å². The third kappa shape index (κ3) is 4.95. The van der Waals surface area contributed by atoms with Crippen LogP contribution in [0.3, 0.4) is 0 Å². The van der Waals surface area contributed by atoms with E-state index in [-0.39, 0.29) is 40.3 Å². The summed E-state index contributed by atoms with van der Waals surface area (Å²) in [6, 6.07) is 8.45. The minimum Gasteiger partial charge on any atom is -0.452 e. The molecule has 0 spiro atoms. The van der Waals surface area contributed by atoms with Gasteiger partial charge in [0, 0.05) is 41.8 Å². The molecule has 6 rings (SSSR count). The van der Waals surface area contributed by atoms with Gasteiger partial charge < -0.3 is 14.8 Å². The molecule has 0 bridgehead atoms. The van der Waals surface area contributed by atoms with Crippen LogP contribution in [0.25, 0.3) is 17.0 Å². The minimum atomic E-state index is -4.75. The van der Waals surface area contributed by atoms with Gasteiger partial charge in [-0.2, -0.15) is 18.3 Å². The van der Waals surface area contributed by atoms with Gasteiger partial charge in [0.05, 0.1) is 10.7 Å². The van der Waals surface area contributed by atoms with Crippen LogP contribution in [0.5, 0.6) is 11.5 Å². The molecule has 4 aromatic heterocycles. The number of H-pyrrole nitrogens is 1. The molecule has 1 aliphatic heterocycles. The third-order valence-corrected chi connectivity index (χ3v) is 6.97. The normalized spacial score (nSPS) is 16.9. The molecule has 212 valence electrons. The molecule has 0 amide bonds. The monoisotopic (exact) mass is 633 g/mol. The highest BCUT2D eigenvalue weighted by Crippen LogP contribution is 2.46. The van der Waals surface area contributed by atoms with Gasteiger partial charge in [0.1, 0.15) is 11.6 Å². The van der Waals surface area contributed by atoms with E-state index in [0.717, 1.165) is 12.3 Å². The number of pyridine rings is 2. The van der Waals surface area contributed by atoms with E-state index in [0.29, 0.717) is 20.3 Å². The van der Waals surface area contributed by atoms with Crippen LogP contribution in [0.15, 0.2) is 64.3 Å². The van der Waals surface area contributed by atoms with Crippen molar-refractivity contribution in [3.63, 3.8) is 0 Å². The molecule has 1 saturated heterocycles. The van der Waals surface area contributed by atoms with Crippen LogP contribution in [0, 0.1) is 5.82 Å². The number of aromatic nitrogens is 6. The quantitative estimate of drug-likeness (QED) is 0.164. The average molecular weight is 634 g/mol. The summed E-state index contributed by atoms with van der Waals surface area (Å²) in [4.78, 5) is 23.1. The van der Waals surface area contributed by atoms with Gasteiger partial charge in [0.25, 0.3) is 0 Å². The number of hydrogen-bond acceptors (Lipinski definition) is 7. The predicted octanol–water partition coefficient (Wildman–Crippen LogP) is 6.11. The molecule has 1 aromatic carbocycles. The lowest BCUT2D eigenvalue weighted by molar-refractivity contribution is -0.143. The maximum absolute atomic E-state index is 15.1. The molecule has 41 heavy (non-hydrogen) atoms. The summed E-state index contributed by atoms with van der Waals surface area (Å²) in [5.41, 5.74) is -0.622. The fraction of sp³-hybridized carbons (Fsp3) is 0.231. The number of rotatable bonds is 7. The number of ether oxygens (including phenoxy) is 2. The van der Waals surface area contributed by atoms with Gasteiger partial charge in [-0.25, -0.2) is 23.8 Å². The Morgan fingerprint density at radius 3 is 2.66 bits per heavy atom. The molecular formula is C26H20BrF4N7O3. The summed E-state index contributed by atoms with van der Waals surface area (Å²) in [5, 5.41) is 6.80. The van der Waals surface area contributed by atoms with Crippen molar-refractivity contribution in [1.29, 1.82) is 0 Å². The Bertz CT molecular complexity index is 1830. The van der Waals surface area contributed by atoms with Crippen LogP contribution in [-0.2, 0) is 10.9 Å². The first kappa shape index (κ1) is 27.0. The summed E-state index contributed by atoms with van der Waals surface area (Å²) < 4.78 is 71.1. The summed E-state index contributed by atoms with van der Waals surface area (Å²) in [5.74, 6) is -0.661. The SMILES string of the molecule is CC(C)n1c(=O)[nH]c2nccc(Oc3ccc(NC4OC4c4cnn(-c5ncccc5Br)c4C(F)(F)F)cc3F)c21. The van der Waals surface area contributed by atoms with E-state index in [4.69, 9.17) is 9.47 Å². The molecular weight excluding hydrogens is 614 g/mol. The Balaban J connectivity index is 1.22. The highest BCUT2D eigenvalue weighted by Gasteiger charge is 2.49. The fourth-order valence-electron chi connectivity index (χ4n) is 4.56. The summed E-state index contributed by atoms with van der Waals surface area (Å²) >= 11 is 3.21. The number of hydrogen-bond donors (Lipinski definition) is 2. The zero-order chi connectivity index (χ0) is 29.1. The fourth-order valence-corrected chi connectivity index (χ4v) is 4.98. The van der Waals surface area contributed by atoms with E-state index in [1.807, 2.05) is 13.8 Å². The number of benzene rings is 1. The first-order valence-corrected chi connectivity index (χ1v) is 13.1. The lowest BCUT2D eigenvalue weighted by Gasteiger charge is -2.13. The first-order valence-electron chi connectivity index (χ1n) is 12.3. The second-order valence-electron chi connectivity index (χ2n) is 9.44. The second kappa shape index (κ2) is 9.99. The number of alkyl halides is 3. The Labute approximate surface area is 237 Å². The van der Waals surface area contributed by atoms with Crippen molar-refractivity contribution in [1.82, 2.24) is 29.3 Å². The van der Waals surface area contributed by atoms with E-state index in [1.165, 1.54) is 35.2 Å². The number of imidazole rings is 1. The summed E-state index contributed by atoms with van der Waals surface area (Å²) in [7, 11) is 0. The zero-order valence-corrected chi connectivity index (χ0v) is 22.9. The van der Waals surface area contributed by atoms with Gasteiger partial charge in [-0.15, -0.1) is 0 Å².